The summed E-state index contributed by atoms with van der Waals surface area (Å²) in [5.74, 6) is -0.947. The minimum Gasteiger partial charge on any atom is -0.315 e. The Morgan fingerprint density at radius 3 is 2.52 bits per heavy atom. The Morgan fingerprint density at radius 2 is 1.90 bits per heavy atom. The first-order valence-electron chi connectivity index (χ1n) is 7.33. The first-order chi connectivity index (χ1) is 9.72. The molecule has 1 aromatic carbocycles. The fraction of sp³-hybridized carbons (Fsp3) is 0.600. The van der Waals surface area contributed by atoms with E-state index in [0.717, 1.165) is 45.3 Å². The van der Waals surface area contributed by atoms with Crippen LogP contribution < -0.4 is 5.32 Å². The minimum atomic E-state index is -0.509. The lowest BCUT2D eigenvalue weighted by atomic mass is 10.1. The van der Waals surface area contributed by atoms with Gasteiger partial charge < -0.3 is 5.32 Å². The van der Waals surface area contributed by atoms with Crippen LogP contribution in [0, 0.1) is 11.6 Å². The fourth-order valence-electron chi connectivity index (χ4n) is 3.13. The van der Waals surface area contributed by atoms with Crippen LogP contribution in [0.15, 0.2) is 18.2 Å². The van der Waals surface area contributed by atoms with E-state index in [9.17, 15) is 8.78 Å². The van der Waals surface area contributed by atoms with Gasteiger partial charge in [-0.2, -0.15) is 0 Å². The Bertz CT molecular complexity index is 458. The Balaban J connectivity index is 0.00000161. The number of nitrogens with zero attached hydrogens (tertiary/aromatic N) is 2. The average Bonchev–Trinajstić information content (AvgIpc) is 2.97. The highest BCUT2D eigenvalue weighted by Gasteiger charge is 2.26. The highest BCUT2D eigenvalue weighted by molar-refractivity contribution is 5.85. The molecule has 21 heavy (non-hydrogen) atoms. The van der Waals surface area contributed by atoms with Crippen LogP contribution >= 0.6 is 12.4 Å². The molecule has 2 saturated heterocycles. The predicted molar refractivity (Wildman–Crippen MR) is 81.7 cm³/mol. The zero-order valence-corrected chi connectivity index (χ0v) is 12.8. The SMILES string of the molecule is Cl.Fc1ccc(CN2CCN(C3CCNC3)CC2)c(F)c1. The van der Waals surface area contributed by atoms with Crippen molar-refractivity contribution >= 4 is 12.4 Å². The summed E-state index contributed by atoms with van der Waals surface area (Å²) in [5, 5.41) is 3.39. The quantitative estimate of drug-likeness (QED) is 0.918. The second-order valence-corrected chi connectivity index (χ2v) is 5.69. The van der Waals surface area contributed by atoms with Gasteiger partial charge in [-0.15, -0.1) is 12.4 Å². The smallest absolute Gasteiger partial charge is 0.130 e. The van der Waals surface area contributed by atoms with Crippen LogP contribution in [-0.2, 0) is 6.54 Å². The van der Waals surface area contributed by atoms with Gasteiger partial charge in [-0.05, 0) is 19.0 Å². The molecule has 2 fully saturated rings. The summed E-state index contributed by atoms with van der Waals surface area (Å²) in [5.41, 5.74) is 0.586. The van der Waals surface area contributed by atoms with Gasteiger partial charge in [-0.3, -0.25) is 9.80 Å². The molecular weight excluding hydrogens is 296 g/mol. The lowest BCUT2D eigenvalue weighted by Gasteiger charge is -2.37. The van der Waals surface area contributed by atoms with Crippen molar-refractivity contribution in [1.29, 1.82) is 0 Å². The highest BCUT2D eigenvalue weighted by Crippen LogP contribution is 2.16. The average molecular weight is 318 g/mol. The molecule has 0 aliphatic carbocycles. The second-order valence-electron chi connectivity index (χ2n) is 5.69. The van der Waals surface area contributed by atoms with Gasteiger partial charge in [0.1, 0.15) is 11.6 Å². The van der Waals surface area contributed by atoms with E-state index in [2.05, 4.69) is 15.1 Å². The molecule has 2 aliphatic rings. The van der Waals surface area contributed by atoms with Crippen molar-refractivity contribution in [2.75, 3.05) is 39.3 Å². The molecule has 2 heterocycles. The summed E-state index contributed by atoms with van der Waals surface area (Å²) in [6, 6.07) is 4.52. The normalized spacial score (nSPS) is 24.0. The molecule has 0 amide bonds. The van der Waals surface area contributed by atoms with Crippen molar-refractivity contribution in [3.05, 3.63) is 35.4 Å². The molecule has 1 N–H and O–H groups in total. The highest BCUT2D eigenvalue weighted by atomic mass is 35.5. The van der Waals surface area contributed by atoms with Crippen LogP contribution in [0.2, 0.25) is 0 Å². The van der Waals surface area contributed by atoms with E-state index in [1.807, 2.05) is 0 Å². The summed E-state index contributed by atoms with van der Waals surface area (Å²) in [4.78, 5) is 4.77. The molecule has 1 unspecified atom stereocenters. The number of hydrogen-bond acceptors (Lipinski definition) is 3. The van der Waals surface area contributed by atoms with Gasteiger partial charge in [0.25, 0.3) is 0 Å². The maximum atomic E-state index is 13.6. The predicted octanol–water partition coefficient (Wildman–Crippen LogP) is 1.87. The third-order valence-electron chi connectivity index (χ3n) is 4.37. The molecular formula is C15H22ClF2N3. The van der Waals surface area contributed by atoms with Crippen LogP contribution in [0.3, 0.4) is 0 Å². The molecule has 0 spiro atoms. The van der Waals surface area contributed by atoms with Gasteiger partial charge in [0.2, 0.25) is 0 Å². The van der Waals surface area contributed by atoms with E-state index in [0.29, 0.717) is 18.2 Å². The summed E-state index contributed by atoms with van der Waals surface area (Å²) in [6.07, 6.45) is 1.23. The number of benzene rings is 1. The fourth-order valence-corrected chi connectivity index (χ4v) is 3.13. The van der Waals surface area contributed by atoms with Crippen molar-refractivity contribution < 1.29 is 8.78 Å². The molecule has 3 rings (SSSR count). The number of halogens is 3. The minimum absolute atomic E-state index is 0. The summed E-state index contributed by atoms with van der Waals surface area (Å²) >= 11 is 0. The van der Waals surface area contributed by atoms with Crippen LogP contribution in [0.4, 0.5) is 8.78 Å². The van der Waals surface area contributed by atoms with Crippen molar-refractivity contribution in [2.45, 2.75) is 19.0 Å². The van der Waals surface area contributed by atoms with Crippen molar-refractivity contribution in [2.24, 2.45) is 0 Å². The lowest BCUT2D eigenvalue weighted by molar-refractivity contribution is 0.0974. The van der Waals surface area contributed by atoms with E-state index in [-0.39, 0.29) is 12.4 Å². The topological polar surface area (TPSA) is 18.5 Å². The molecule has 1 atom stereocenters. The molecule has 0 radical (unpaired) electrons. The summed E-state index contributed by atoms with van der Waals surface area (Å²) in [6.45, 7) is 6.76. The van der Waals surface area contributed by atoms with E-state index < -0.39 is 11.6 Å². The number of piperazine rings is 1. The van der Waals surface area contributed by atoms with Gasteiger partial charge in [-0.1, -0.05) is 6.07 Å². The Hall–Kier alpha value is -0.750. The van der Waals surface area contributed by atoms with E-state index in [1.54, 1.807) is 6.07 Å². The number of rotatable bonds is 3. The summed E-state index contributed by atoms with van der Waals surface area (Å²) < 4.78 is 26.5. The molecule has 0 aromatic heterocycles. The van der Waals surface area contributed by atoms with Crippen LogP contribution in [0.1, 0.15) is 12.0 Å². The Morgan fingerprint density at radius 1 is 1.14 bits per heavy atom. The third kappa shape index (κ3) is 4.13. The maximum Gasteiger partial charge on any atom is 0.130 e. The van der Waals surface area contributed by atoms with E-state index in [4.69, 9.17) is 0 Å². The molecule has 6 heteroatoms. The summed E-state index contributed by atoms with van der Waals surface area (Å²) in [7, 11) is 0. The first kappa shape index (κ1) is 16.6. The Kier molecular flexibility index (Phi) is 5.93. The number of nitrogens with one attached hydrogen (secondary N) is 1. The molecule has 2 aliphatic heterocycles. The first-order valence-corrected chi connectivity index (χ1v) is 7.33. The van der Waals surface area contributed by atoms with Gasteiger partial charge in [0.15, 0.2) is 0 Å². The lowest BCUT2D eigenvalue weighted by Crippen LogP contribution is -2.50. The van der Waals surface area contributed by atoms with Crippen molar-refractivity contribution in [3.63, 3.8) is 0 Å². The van der Waals surface area contributed by atoms with Crippen LogP contribution in [0.25, 0.3) is 0 Å². The van der Waals surface area contributed by atoms with Gasteiger partial charge in [0, 0.05) is 56.9 Å². The van der Waals surface area contributed by atoms with Gasteiger partial charge in [-0.25, -0.2) is 8.78 Å². The van der Waals surface area contributed by atoms with Gasteiger partial charge in [0.05, 0.1) is 0 Å². The van der Waals surface area contributed by atoms with E-state index >= 15 is 0 Å². The third-order valence-corrected chi connectivity index (χ3v) is 4.37. The van der Waals surface area contributed by atoms with Crippen LogP contribution in [-0.4, -0.2) is 55.1 Å². The van der Waals surface area contributed by atoms with E-state index in [1.165, 1.54) is 12.5 Å². The standard InChI is InChI=1S/C15H21F2N3.ClH/c16-13-2-1-12(15(17)9-13)11-19-5-7-20(8-6-19)14-3-4-18-10-14;/h1-2,9,14,18H,3-8,10-11H2;1H. The zero-order chi connectivity index (χ0) is 13.9. The molecule has 0 saturated carbocycles. The van der Waals surface area contributed by atoms with Crippen molar-refractivity contribution in [1.82, 2.24) is 15.1 Å². The monoisotopic (exact) mass is 317 g/mol. The largest absolute Gasteiger partial charge is 0.315 e. The molecule has 0 bridgehead atoms. The van der Waals surface area contributed by atoms with Gasteiger partial charge >= 0.3 is 0 Å². The molecule has 1 aromatic rings. The Labute approximate surface area is 130 Å². The molecule has 3 nitrogen and oxygen atoms in total. The zero-order valence-electron chi connectivity index (χ0n) is 12.0. The molecule has 118 valence electrons. The second kappa shape index (κ2) is 7.49. The van der Waals surface area contributed by atoms with Crippen molar-refractivity contribution in [3.8, 4) is 0 Å². The van der Waals surface area contributed by atoms with Crippen LogP contribution in [0.5, 0.6) is 0 Å². The number of hydrogen-bond donors (Lipinski definition) is 1. The maximum absolute atomic E-state index is 13.6.